The first-order valence-electron chi connectivity index (χ1n) is 3.45. The fraction of sp³-hybridized carbons (Fsp3) is 0.333. The largest absolute Gasteiger partial charge is 0.495 e. The summed E-state index contributed by atoms with van der Waals surface area (Å²) < 4.78 is 5.01. The lowest BCUT2D eigenvalue weighted by molar-refractivity contribution is 0.304. The minimum Gasteiger partial charge on any atom is -0.495 e. The summed E-state index contributed by atoms with van der Waals surface area (Å²) in [6, 6.07) is 0. The predicted molar refractivity (Wildman–Crippen MR) is 49.5 cm³/mol. The molecule has 0 saturated carbocycles. The average molecular weight is 173 g/mol. The lowest BCUT2D eigenvalue weighted by Gasteiger charge is -2.01. The highest BCUT2D eigenvalue weighted by atomic mass is 35.5. The predicted octanol–water partition coefficient (Wildman–Crippen LogP) is 3.24. The van der Waals surface area contributed by atoms with Crippen molar-refractivity contribution in [3.8, 4) is 0 Å². The molecule has 0 aliphatic rings. The van der Waals surface area contributed by atoms with Gasteiger partial charge in [-0.15, -0.1) is 0 Å². The molecule has 62 valence electrons. The molecule has 0 amide bonds. The Labute approximate surface area is 73.0 Å². The van der Waals surface area contributed by atoms with Crippen LogP contribution < -0.4 is 0 Å². The molecule has 0 atom stereocenters. The Morgan fingerprint density at radius 1 is 1.36 bits per heavy atom. The normalized spacial score (nSPS) is 14.2. The summed E-state index contributed by atoms with van der Waals surface area (Å²) in [5.41, 5.74) is 0. The van der Waals surface area contributed by atoms with Gasteiger partial charge < -0.3 is 4.74 Å². The molecule has 0 aromatic heterocycles. The van der Waals surface area contributed by atoms with Crippen molar-refractivity contribution in [2.75, 3.05) is 7.11 Å². The Hall–Kier alpha value is -0.690. The summed E-state index contributed by atoms with van der Waals surface area (Å²) in [6.07, 6.45) is 7.41. The van der Waals surface area contributed by atoms with Gasteiger partial charge in [-0.25, -0.2) is 0 Å². The minimum atomic E-state index is 0.630. The lowest BCUT2D eigenvalue weighted by atomic mass is 10.3. The van der Waals surface area contributed by atoms with E-state index in [1.165, 1.54) is 0 Å². The van der Waals surface area contributed by atoms with Crippen LogP contribution in [-0.2, 0) is 4.74 Å². The van der Waals surface area contributed by atoms with Crippen molar-refractivity contribution < 1.29 is 4.74 Å². The molecule has 0 spiro atoms. The highest BCUT2D eigenvalue weighted by molar-refractivity contribution is 6.31. The number of ether oxygens (including phenoxy) is 1. The molecular formula is C9H13ClO. The van der Waals surface area contributed by atoms with Gasteiger partial charge in [0.15, 0.2) is 0 Å². The number of allylic oxidation sites excluding steroid dienone is 5. The topological polar surface area (TPSA) is 9.23 Å². The van der Waals surface area contributed by atoms with Crippen LogP contribution in [0.2, 0.25) is 0 Å². The molecule has 0 saturated heterocycles. The highest BCUT2D eigenvalue weighted by Crippen LogP contribution is 2.14. The zero-order valence-electron chi connectivity index (χ0n) is 7.10. The van der Waals surface area contributed by atoms with Gasteiger partial charge in [0.2, 0.25) is 0 Å². The quantitative estimate of drug-likeness (QED) is 0.469. The molecule has 2 heteroatoms. The van der Waals surface area contributed by atoms with E-state index in [1.807, 2.05) is 32.1 Å². The first-order chi connectivity index (χ1) is 5.26. The van der Waals surface area contributed by atoms with E-state index in [0.717, 1.165) is 0 Å². The van der Waals surface area contributed by atoms with Gasteiger partial charge in [0.25, 0.3) is 0 Å². The van der Waals surface area contributed by atoms with Gasteiger partial charge in [0.1, 0.15) is 5.76 Å². The van der Waals surface area contributed by atoms with Crippen LogP contribution in [0.1, 0.15) is 13.8 Å². The third-order valence-electron chi connectivity index (χ3n) is 1.15. The summed E-state index contributed by atoms with van der Waals surface area (Å²) in [4.78, 5) is 0. The van der Waals surface area contributed by atoms with Crippen LogP contribution in [0.15, 0.2) is 35.1 Å². The Balaban J connectivity index is 4.39. The molecule has 0 bridgehead atoms. The van der Waals surface area contributed by atoms with Gasteiger partial charge in [-0.2, -0.15) is 0 Å². The van der Waals surface area contributed by atoms with E-state index in [-0.39, 0.29) is 0 Å². The van der Waals surface area contributed by atoms with Crippen molar-refractivity contribution in [2.45, 2.75) is 13.8 Å². The highest BCUT2D eigenvalue weighted by Gasteiger charge is 1.96. The second-order valence-corrected chi connectivity index (χ2v) is 2.30. The standard InChI is InChI=1S/C9H13ClO/c1-4-6-7-9(11-3)8(10)5-2/h4-7H,1-3H3. The van der Waals surface area contributed by atoms with Crippen LogP contribution in [0.5, 0.6) is 0 Å². The first kappa shape index (κ1) is 10.3. The van der Waals surface area contributed by atoms with Crippen molar-refractivity contribution in [1.82, 2.24) is 0 Å². The van der Waals surface area contributed by atoms with E-state index in [1.54, 1.807) is 13.2 Å². The van der Waals surface area contributed by atoms with Crippen LogP contribution in [-0.4, -0.2) is 7.11 Å². The Morgan fingerprint density at radius 2 is 2.00 bits per heavy atom. The maximum absolute atomic E-state index is 5.80. The molecule has 11 heavy (non-hydrogen) atoms. The van der Waals surface area contributed by atoms with Crippen LogP contribution >= 0.6 is 11.6 Å². The summed E-state index contributed by atoms with van der Waals surface area (Å²) in [6.45, 7) is 3.80. The van der Waals surface area contributed by atoms with E-state index >= 15 is 0 Å². The molecule has 0 fully saturated rings. The van der Waals surface area contributed by atoms with E-state index in [2.05, 4.69) is 0 Å². The van der Waals surface area contributed by atoms with Crippen LogP contribution in [0, 0.1) is 0 Å². The summed E-state index contributed by atoms with van der Waals surface area (Å²) in [5, 5.41) is 0.630. The van der Waals surface area contributed by atoms with Crippen molar-refractivity contribution in [1.29, 1.82) is 0 Å². The number of methoxy groups -OCH3 is 1. The van der Waals surface area contributed by atoms with E-state index in [9.17, 15) is 0 Å². The number of hydrogen-bond donors (Lipinski definition) is 0. The molecule has 0 aromatic carbocycles. The van der Waals surface area contributed by atoms with Gasteiger partial charge >= 0.3 is 0 Å². The zero-order chi connectivity index (χ0) is 8.69. The summed E-state index contributed by atoms with van der Waals surface area (Å²) in [5.74, 6) is 0.687. The smallest absolute Gasteiger partial charge is 0.137 e. The molecule has 0 aromatic rings. The molecule has 0 N–H and O–H groups in total. The van der Waals surface area contributed by atoms with Crippen LogP contribution in [0.3, 0.4) is 0 Å². The SMILES string of the molecule is CC=CC=C(OC)C(Cl)=CC. The number of halogens is 1. The van der Waals surface area contributed by atoms with Crippen molar-refractivity contribution in [3.05, 3.63) is 35.1 Å². The van der Waals surface area contributed by atoms with Gasteiger partial charge in [-0.1, -0.05) is 29.8 Å². The van der Waals surface area contributed by atoms with E-state index in [4.69, 9.17) is 16.3 Å². The molecule has 0 heterocycles. The van der Waals surface area contributed by atoms with Crippen molar-refractivity contribution in [3.63, 3.8) is 0 Å². The van der Waals surface area contributed by atoms with E-state index < -0.39 is 0 Å². The maximum atomic E-state index is 5.80. The Bertz CT molecular complexity index is 190. The van der Waals surface area contributed by atoms with Crippen molar-refractivity contribution in [2.24, 2.45) is 0 Å². The third-order valence-corrected chi connectivity index (χ3v) is 1.55. The monoisotopic (exact) mass is 172 g/mol. The first-order valence-corrected chi connectivity index (χ1v) is 3.83. The minimum absolute atomic E-state index is 0.630. The molecule has 0 radical (unpaired) electrons. The second-order valence-electron chi connectivity index (χ2n) is 1.90. The second kappa shape index (κ2) is 6.05. The number of hydrogen-bond acceptors (Lipinski definition) is 1. The van der Waals surface area contributed by atoms with Gasteiger partial charge in [-0.3, -0.25) is 0 Å². The van der Waals surface area contributed by atoms with Crippen molar-refractivity contribution >= 4 is 11.6 Å². The zero-order valence-corrected chi connectivity index (χ0v) is 7.85. The fourth-order valence-corrected chi connectivity index (χ4v) is 0.711. The molecule has 0 aliphatic heterocycles. The average Bonchev–Trinajstić information content (AvgIpc) is 2.05. The molecule has 0 rings (SSSR count). The lowest BCUT2D eigenvalue weighted by Crippen LogP contribution is -1.84. The summed E-state index contributed by atoms with van der Waals surface area (Å²) >= 11 is 5.80. The molecule has 1 nitrogen and oxygen atoms in total. The van der Waals surface area contributed by atoms with Crippen LogP contribution in [0.25, 0.3) is 0 Å². The molecule has 0 aliphatic carbocycles. The van der Waals surface area contributed by atoms with Gasteiger partial charge in [-0.05, 0) is 19.9 Å². The maximum Gasteiger partial charge on any atom is 0.137 e. The Morgan fingerprint density at radius 3 is 2.36 bits per heavy atom. The van der Waals surface area contributed by atoms with E-state index in [0.29, 0.717) is 10.8 Å². The van der Waals surface area contributed by atoms with Crippen LogP contribution in [0.4, 0.5) is 0 Å². The molecule has 0 unspecified atom stereocenters. The van der Waals surface area contributed by atoms with Gasteiger partial charge in [0, 0.05) is 0 Å². The third kappa shape index (κ3) is 3.89. The Kier molecular flexibility index (Phi) is 5.67. The number of rotatable bonds is 3. The fourth-order valence-electron chi connectivity index (χ4n) is 0.571. The summed E-state index contributed by atoms with van der Waals surface area (Å²) in [7, 11) is 1.60. The molecular weight excluding hydrogens is 160 g/mol. The van der Waals surface area contributed by atoms with Gasteiger partial charge in [0.05, 0.1) is 12.1 Å².